The predicted octanol–water partition coefficient (Wildman–Crippen LogP) is 5.37. The van der Waals surface area contributed by atoms with Gasteiger partial charge < -0.3 is 4.42 Å². The number of ketones is 1. The van der Waals surface area contributed by atoms with Crippen molar-refractivity contribution in [3.8, 4) is 11.5 Å². The van der Waals surface area contributed by atoms with Crippen molar-refractivity contribution in [3.63, 3.8) is 0 Å². The first-order valence-corrected chi connectivity index (χ1v) is 9.07. The SMILES string of the molecule is Cc1ccc(-c2nnc(S[C@@H](C)C(=O)c3ccc(Cl)cc3)o2)cc1C. The number of hydrogen-bond acceptors (Lipinski definition) is 5. The summed E-state index contributed by atoms with van der Waals surface area (Å²) in [5.74, 6) is 0.448. The Morgan fingerprint density at radius 3 is 2.48 bits per heavy atom. The van der Waals surface area contributed by atoms with E-state index < -0.39 is 0 Å². The molecule has 1 heterocycles. The van der Waals surface area contributed by atoms with Crippen molar-refractivity contribution in [2.75, 3.05) is 0 Å². The van der Waals surface area contributed by atoms with Crippen LogP contribution >= 0.6 is 23.4 Å². The molecule has 3 rings (SSSR count). The highest BCUT2D eigenvalue weighted by atomic mass is 35.5. The van der Waals surface area contributed by atoms with Gasteiger partial charge in [-0.3, -0.25) is 4.79 Å². The Hall–Kier alpha value is -2.11. The molecule has 0 unspecified atom stereocenters. The normalized spacial score (nSPS) is 12.2. The zero-order chi connectivity index (χ0) is 18.0. The predicted molar refractivity (Wildman–Crippen MR) is 100 cm³/mol. The van der Waals surface area contributed by atoms with Gasteiger partial charge in [0.05, 0.1) is 5.25 Å². The third-order valence-electron chi connectivity index (χ3n) is 3.94. The van der Waals surface area contributed by atoms with Gasteiger partial charge >= 0.3 is 0 Å². The molecule has 3 aromatic rings. The molecule has 0 aliphatic carbocycles. The van der Waals surface area contributed by atoms with E-state index in [0.717, 1.165) is 11.1 Å². The first-order chi connectivity index (χ1) is 11.9. The molecule has 25 heavy (non-hydrogen) atoms. The topological polar surface area (TPSA) is 56.0 Å². The van der Waals surface area contributed by atoms with Gasteiger partial charge in [0.25, 0.3) is 5.22 Å². The molecule has 1 atom stereocenters. The van der Waals surface area contributed by atoms with E-state index in [1.165, 1.54) is 17.3 Å². The van der Waals surface area contributed by atoms with E-state index in [0.29, 0.717) is 21.7 Å². The van der Waals surface area contributed by atoms with Crippen molar-refractivity contribution in [3.05, 3.63) is 64.2 Å². The maximum atomic E-state index is 12.5. The number of benzene rings is 2. The minimum atomic E-state index is -0.339. The molecule has 0 radical (unpaired) electrons. The van der Waals surface area contributed by atoms with Crippen LogP contribution in [0.15, 0.2) is 52.1 Å². The summed E-state index contributed by atoms with van der Waals surface area (Å²) in [6, 6.07) is 12.8. The second-order valence-corrected chi connectivity index (χ2v) is 7.53. The first-order valence-electron chi connectivity index (χ1n) is 7.81. The lowest BCUT2D eigenvalue weighted by atomic mass is 10.1. The van der Waals surface area contributed by atoms with Crippen LogP contribution in [0.2, 0.25) is 5.02 Å². The molecule has 0 aliphatic heterocycles. The highest BCUT2D eigenvalue weighted by Crippen LogP contribution is 2.28. The Balaban J connectivity index is 1.73. The highest BCUT2D eigenvalue weighted by molar-refractivity contribution is 8.00. The summed E-state index contributed by atoms with van der Waals surface area (Å²) in [5, 5.41) is 8.78. The number of hydrogen-bond donors (Lipinski definition) is 0. The van der Waals surface area contributed by atoms with Gasteiger partial charge in [-0.2, -0.15) is 0 Å². The summed E-state index contributed by atoms with van der Waals surface area (Å²) in [4.78, 5) is 12.5. The summed E-state index contributed by atoms with van der Waals surface area (Å²) >= 11 is 7.11. The van der Waals surface area contributed by atoms with Crippen molar-refractivity contribution in [2.45, 2.75) is 31.2 Å². The number of carbonyl (C=O) groups is 1. The number of aromatic nitrogens is 2. The van der Waals surface area contributed by atoms with Crippen molar-refractivity contribution in [1.82, 2.24) is 10.2 Å². The van der Waals surface area contributed by atoms with Crippen LogP contribution in [0, 0.1) is 13.8 Å². The van der Waals surface area contributed by atoms with E-state index in [1.807, 2.05) is 32.0 Å². The van der Waals surface area contributed by atoms with E-state index in [-0.39, 0.29) is 11.0 Å². The fourth-order valence-electron chi connectivity index (χ4n) is 2.30. The molecule has 1 aromatic heterocycles. The minimum absolute atomic E-state index is 0.00685. The lowest BCUT2D eigenvalue weighted by Gasteiger charge is -2.07. The Morgan fingerprint density at radius 2 is 1.80 bits per heavy atom. The van der Waals surface area contributed by atoms with Crippen molar-refractivity contribution in [1.29, 1.82) is 0 Å². The van der Waals surface area contributed by atoms with E-state index in [2.05, 4.69) is 17.1 Å². The Kier molecular flexibility index (Phi) is 5.25. The Morgan fingerprint density at radius 1 is 1.08 bits per heavy atom. The summed E-state index contributed by atoms with van der Waals surface area (Å²) in [6.07, 6.45) is 0. The molecule has 0 N–H and O–H groups in total. The fourth-order valence-corrected chi connectivity index (χ4v) is 3.19. The Bertz CT molecular complexity index is 906. The van der Waals surface area contributed by atoms with Crippen LogP contribution in [-0.4, -0.2) is 21.2 Å². The van der Waals surface area contributed by atoms with Crippen molar-refractivity contribution >= 4 is 29.1 Å². The highest BCUT2D eigenvalue weighted by Gasteiger charge is 2.20. The van der Waals surface area contributed by atoms with Gasteiger partial charge in [-0.25, -0.2) is 0 Å². The molecule has 2 aromatic carbocycles. The number of aryl methyl sites for hydroxylation is 2. The average Bonchev–Trinajstić information content (AvgIpc) is 3.06. The lowest BCUT2D eigenvalue weighted by molar-refractivity contribution is 0.0993. The van der Waals surface area contributed by atoms with Crippen LogP contribution in [0.1, 0.15) is 28.4 Å². The number of Topliss-reactive ketones (excluding diaryl/α,β-unsaturated/α-hetero) is 1. The smallest absolute Gasteiger partial charge is 0.277 e. The van der Waals surface area contributed by atoms with Gasteiger partial charge in [-0.05, 0) is 68.3 Å². The van der Waals surface area contributed by atoms with E-state index >= 15 is 0 Å². The molecule has 0 saturated heterocycles. The average molecular weight is 373 g/mol. The molecule has 0 fully saturated rings. The first kappa shape index (κ1) is 17.7. The van der Waals surface area contributed by atoms with Crippen LogP contribution in [0.3, 0.4) is 0 Å². The van der Waals surface area contributed by atoms with Crippen molar-refractivity contribution in [2.24, 2.45) is 0 Å². The summed E-state index contributed by atoms with van der Waals surface area (Å²) < 4.78 is 5.71. The molecule has 0 spiro atoms. The van der Waals surface area contributed by atoms with Gasteiger partial charge in [-0.1, -0.05) is 29.4 Å². The van der Waals surface area contributed by atoms with Crippen LogP contribution < -0.4 is 0 Å². The van der Waals surface area contributed by atoms with Gasteiger partial charge in [0.2, 0.25) is 5.89 Å². The molecular formula is C19H17ClN2O2S. The lowest BCUT2D eigenvalue weighted by Crippen LogP contribution is -2.13. The van der Waals surface area contributed by atoms with Gasteiger partial charge in [0, 0.05) is 16.1 Å². The van der Waals surface area contributed by atoms with Crippen LogP contribution in [0.5, 0.6) is 0 Å². The molecule has 0 aliphatic rings. The van der Waals surface area contributed by atoms with E-state index in [1.54, 1.807) is 24.3 Å². The third kappa shape index (κ3) is 4.11. The zero-order valence-electron chi connectivity index (χ0n) is 14.1. The largest absolute Gasteiger partial charge is 0.411 e. The molecule has 4 nitrogen and oxygen atoms in total. The molecule has 0 amide bonds. The molecule has 6 heteroatoms. The summed E-state index contributed by atoms with van der Waals surface area (Å²) in [7, 11) is 0. The second-order valence-electron chi connectivity index (χ2n) is 5.80. The zero-order valence-corrected chi connectivity index (χ0v) is 15.7. The molecular weight excluding hydrogens is 356 g/mol. The number of nitrogens with zero attached hydrogens (tertiary/aromatic N) is 2. The third-order valence-corrected chi connectivity index (χ3v) is 5.12. The van der Waals surface area contributed by atoms with Crippen LogP contribution in [-0.2, 0) is 0 Å². The monoisotopic (exact) mass is 372 g/mol. The molecule has 128 valence electrons. The summed E-state index contributed by atoms with van der Waals surface area (Å²) in [5.41, 5.74) is 3.86. The van der Waals surface area contributed by atoms with E-state index in [9.17, 15) is 4.79 Å². The van der Waals surface area contributed by atoms with Crippen LogP contribution in [0.25, 0.3) is 11.5 Å². The van der Waals surface area contributed by atoms with E-state index in [4.69, 9.17) is 16.0 Å². The standard InChI is InChI=1S/C19H17ClN2O2S/c1-11-4-5-15(10-12(11)2)18-21-22-19(24-18)25-13(3)17(23)14-6-8-16(20)9-7-14/h4-10,13H,1-3H3/t13-/m0/s1. The number of halogens is 1. The maximum absolute atomic E-state index is 12.5. The fraction of sp³-hybridized carbons (Fsp3) is 0.211. The van der Waals surface area contributed by atoms with Crippen LogP contribution in [0.4, 0.5) is 0 Å². The number of rotatable bonds is 5. The molecule has 0 bridgehead atoms. The maximum Gasteiger partial charge on any atom is 0.277 e. The Labute approximate surface area is 155 Å². The second kappa shape index (κ2) is 7.42. The summed E-state index contributed by atoms with van der Waals surface area (Å²) in [6.45, 7) is 5.91. The number of carbonyl (C=O) groups excluding carboxylic acids is 1. The number of thioether (sulfide) groups is 1. The quantitative estimate of drug-likeness (QED) is 0.445. The molecule has 0 saturated carbocycles. The van der Waals surface area contributed by atoms with Crippen molar-refractivity contribution < 1.29 is 9.21 Å². The van der Waals surface area contributed by atoms with Gasteiger partial charge in [-0.15, -0.1) is 10.2 Å². The minimum Gasteiger partial charge on any atom is -0.411 e. The van der Waals surface area contributed by atoms with Gasteiger partial charge in [0.1, 0.15) is 0 Å². The van der Waals surface area contributed by atoms with Gasteiger partial charge in [0.15, 0.2) is 5.78 Å².